The summed E-state index contributed by atoms with van der Waals surface area (Å²) in [7, 11) is 0. The fraction of sp³-hybridized carbons (Fsp3) is 0.250. The summed E-state index contributed by atoms with van der Waals surface area (Å²) in [5.74, 6) is -1.25. The molecule has 1 aromatic carbocycles. The van der Waals surface area contributed by atoms with E-state index in [1.807, 2.05) is 0 Å². The molecule has 20 heavy (non-hydrogen) atoms. The van der Waals surface area contributed by atoms with Crippen molar-refractivity contribution in [3.05, 3.63) is 45.6 Å². The molecule has 1 aliphatic rings. The largest absolute Gasteiger partial charge is 0.478 e. The molecule has 8 heteroatoms. The molecule has 0 bridgehead atoms. The highest BCUT2D eigenvalue weighted by Gasteiger charge is 2.19. The van der Waals surface area contributed by atoms with Gasteiger partial charge in [-0.15, -0.1) is 0 Å². The van der Waals surface area contributed by atoms with Gasteiger partial charge in [0.1, 0.15) is 0 Å². The average Bonchev–Trinajstić information content (AvgIpc) is 2.85. The Morgan fingerprint density at radius 1 is 1.50 bits per heavy atom. The molecule has 0 amide bonds. The van der Waals surface area contributed by atoms with Crippen LogP contribution in [0.15, 0.2) is 23.9 Å². The second-order valence-corrected chi connectivity index (χ2v) is 5.46. The van der Waals surface area contributed by atoms with E-state index >= 15 is 0 Å². The zero-order chi connectivity index (χ0) is 14.7. The van der Waals surface area contributed by atoms with Gasteiger partial charge in [0.15, 0.2) is 11.1 Å². The van der Waals surface area contributed by atoms with E-state index in [0.29, 0.717) is 24.2 Å². The zero-order valence-corrected chi connectivity index (χ0v) is 11.8. The van der Waals surface area contributed by atoms with Crippen molar-refractivity contribution in [2.24, 2.45) is 0 Å². The number of benzene rings is 1. The van der Waals surface area contributed by atoms with Gasteiger partial charge in [0.05, 0.1) is 22.9 Å². The highest BCUT2D eigenvalue weighted by molar-refractivity contribution is 7.78. The van der Waals surface area contributed by atoms with Crippen molar-refractivity contribution < 1.29 is 23.5 Å². The number of carboxylic acid groups (broad SMARTS) is 1. The van der Waals surface area contributed by atoms with Crippen LogP contribution in [0.5, 0.6) is 0 Å². The summed E-state index contributed by atoms with van der Waals surface area (Å²) in [6.45, 7) is 0.410. The van der Waals surface area contributed by atoms with Crippen molar-refractivity contribution in [1.82, 2.24) is 5.48 Å². The molecule has 1 aromatic rings. The molecule has 0 aromatic heterocycles. The monoisotopic (exact) mass is 317 g/mol. The Morgan fingerprint density at radius 3 is 2.80 bits per heavy atom. The number of hydrogen-bond acceptors (Lipinski definition) is 4. The van der Waals surface area contributed by atoms with Crippen LogP contribution < -0.4 is 5.48 Å². The average molecular weight is 318 g/mol. The lowest BCUT2D eigenvalue weighted by atomic mass is 10.0. The summed E-state index contributed by atoms with van der Waals surface area (Å²) in [5, 5.41) is 9.15. The minimum atomic E-state index is -2.03. The Hall–Kier alpha value is -1.41. The first kappa shape index (κ1) is 15.0. The fourth-order valence-electron chi connectivity index (χ4n) is 1.90. The van der Waals surface area contributed by atoms with E-state index in [2.05, 4.69) is 5.48 Å². The van der Waals surface area contributed by atoms with E-state index in [4.69, 9.17) is 26.1 Å². The predicted molar refractivity (Wildman–Crippen MR) is 73.8 cm³/mol. The van der Waals surface area contributed by atoms with Gasteiger partial charge >= 0.3 is 5.97 Å². The third-order valence-corrected chi connectivity index (χ3v) is 3.82. The molecule has 1 unspecified atom stereocenters. The van der Waals surface area contributed by atoms with Crippen LogP contribution in [0, 0.1) is 0 Å². The maximum atomic E-state index is 11.1. The first-order chi connectivity index (χ1) is 9.49. The number of halogens is 1. The first-order valence-corrected chi connectivity index (χ1v) is 7.32. The number of nitrogens with one attached hydrogen (secondary N) is 1. The van der Waals surface area contributed by atoms with Crippen LogP contribution in [0.25, 0.3) is 0 Å². The lowest BCUT2D eigenvalue weighted by Crippen LogP contribution is -2.11. The summed E-state index contributed by atoms with van der Waals surface area (Å²) in [4.78, 5) is 16.1. The molecule has 6 nitrogen and oxygen atoms in total. The lowest BCUT2D eigenvalue weighted by molar-refractivity contribution is 0.0697. The summed E-state index contributed by atoms with van der Waals surface area (Å²) >= 11 is 4.08. The van der Waals surface area contributed by atoms with Gasteiger partial charge in [-0.3, -0.25) is 10.3 Å². The van der Waals surface area contributed by atoms with E-state index in [1.54, 1.807) is 6.08 Å². The van der Waals surface area contributed by atoms with Crippen LogP contribution in [0.2, 0.25) is 5.02 Å². The van der Waals surface area contributed by atoms with Crippen LogP contribution in [0.1, 0.15) is 21.5 Å². The van der Waals surface area contributed by atoms with Gasteiger partial charge in [-0.25, -0.2) is 9.00 Å². The van der Waals surface area contributed by atoms with Crippen molar-refractivity contribution in [3.63, 3.8) is 0 Å². The van der Waals surface area contributed by atoms with E-state index < -0.39 is 17.0 Å². The predicted octanol–water partition coefficient (Wildman–Crippen LogP) is 1.72. The molecule has 0 radical (unpaired) electrons. The van der Waals surface area contributed by atoms with Crippen molar-refractivity contribution in [2.75, 3.05) is 6.61 Å². The second-order valence-electron chi connectivity index (χ2n) is 4.15. The van der Waals surface area contributed by atoms with Gasteiger partial charge in [0.25, 0.3) is 0 Å². The topological polar surface area (TPSA) is 95.9 Å². The highest BCUT2D eigenvalue weighted by Crippen LogP contribution is 2.28. The Morgan fingerprint density at radius 2 is 2.25 bits per heavy atom. The molecule has 108 valence electrons. The minimum Gasteiger partial charge on any atom is -0.478 e. The number of carbonyl (C=O) groups is 1. The molecule has 0 spiro atoms. The SMILES string of the molecule is O=C(O)c1ccc(CS(=O)O)c(CC2=CCON2)c1Cl. The van der Waals surface area contributed by atoms with Crippen molar-refractivity contribution >= 4 is 28.7 Å². The molecule has 0 saturated heterocycles. The maximum Gasteiger partial charge on any atom is 0.337 e. The number of hydrogen-bond donors (Lipinski definition) is 3. The summed E-state index contributed by atoms with van der Waals surface area (Å²) < 4.78 is 20.0. The second kappa shape index (κ2) is 6.36. The van der Waals surface area contributed by atoms with Gasteiger partial charge in [-0.05, 0) is 23.3 Å². The third kappa shape index (κ3) is 3.37. The van der Waals surface area contributed by atoms with E-state index in [1.165, 1.54) is 12.1 Å². The lowest BCUT2D eigenvalue weighted by Gasteiger charge is -2.13. The van der Waals surface area contributed by atoms with E-state index in [-0.39, 0.29) is 16.3 Å². The van der Waals surface area contributed by atoms with E-state index in [9.17, 15) is 9.00 Å². The van der Waals surface area contributed by atoms with Gasteiger partial charge in [0.2, 0.25) is 0 Å². The summed E-state index contributed by atoms with van der Waals surface area (Å²) in [6.07, 6.45) is 2.11. The van der Waals surface area contributed by atoms with Crippen molar-refractivity contribution in [1.29, 1.82) is 0 Å². The summed E-state index contributed by atoms with van der Waals surface area (Å²) in [5.41, 5.74) is 4.43. The quantitative estimate of drug-likeness (QED) is 0.716. The van der Waals surface area contributed by atoms with Crippen LogP contribution in [0.4, 0.5) is 0 Å². The Balaban J connectivity index is 2.43. The van der Waals surface area contributed by atoms with Crippen LogP contribution in [-0.2, 0) is 28.1 Å². The van der Waals surface area contributed by atoms with E-state index in [0.717, 1.165) is 5.70 Å². The normalized spacial score (nSPS) is 15.6. The number of hydroxylamine groups is 1. The van der Waals surface area contributed by atoms with Gasteiger partial charge < -0.3 is 9.66 Å². The molecular formula is C12H12ClNO5S. The van der Waals surface area contributed by atoms with Crippen LogP contribution in [-0.4, -0.2) is 26.4 Å². The molecule has 0 fully saturated rings. The van der Waals surface area contributed by atoms with Crippen molar-refractivity contribution in [2.45, 2.75) is 12.2 Å². The molecular weight excluding hydrogens is 306 g/mol. The zero-order valence-electron chi connectivity index (χ0n) is 10.3. The molecule has 0 saturated carbocycles. The Kier molecular flexibility index (Phi) is 4.77. The van der Waals surface area contributed by atoms with Crippen LogP contribution in [0.3, 0.4) is 0 Å². The number of aromatic carboxylic acids is 1. The molecule has 3 N–H and O–H groups in total. The Labute approximate surface area is 122 Å². The minimum absolute atomic E-state index is 0.0337. The number of allylic oxidation sites excluding steroid dienone is 1. The van der Waals surface area contributed by atoms with Crippen molar-refractivity contribution in [3.8, 4) is 0 Å². The first-order valence-electron chi connectivity index (χ1n) is 5.67. The van der Waals surface area contributed by atoms with Gasteiger partial charge in [-0.1, -0.05) is 17.7 Å². The summed E-state index contributed by atoms with van der Waals surface area (Å²) in [6, 6.07) is 2.85. The fourth-order valence-corrected chi connectivity index (χ4v) is 2.77. The number of carboxylic acids is 1. The van der Waals surface area contributed by atoms with Crippen LogP contribution >= 0.6 is 11.6 Å². The molecule has 2 rings (SSSR count). The molecule has 0 aliphatic carbocycles. The molecule has 1 heterocycles. The van der Waals surface area contributed by atoms with Gasteiger partial charge in [-0.2, -0.15) is 0 Å². The third-order valence-electron chi connectivity index (χ3n) is 2.83. The molecule has 1 aliphatic heterocycles. The molecule has 1 atom stereocenters. The standard InChI is InChI=1S/C12H12ClNO5S/c13-11-9(12(15)16)2-1-7(6-20(17)18)10(11)5-8-3-4-19-14-8/h1-3,14H,4-6H2,(H,15,16)(H,17,18). The highest BCUT2D eigenvalue weighted by atomic mass is 35.5. The van der Waals surface area contributed by atoms with Gasteiger partial charge in [0, 0.05) is 12.1 Å². The Bertz CT molecular complexity index is 602. The smallest absolute Gasteiger partial charge is 0.337 e. The number of rotatable bonds is 5. The maximum absolute atomic E-state index is 11.1.